The van der Waals surface area contributed by atoms with Crippen molar-refractivity contribution in [1.29, 1.82) is 0 Å². The van der Waals surface area contributed by atoms with Crippen LogP contribution in [0.5, 0.6) is 5.75 Å². The molecule has 1 saturated heterocycles. The Morgan fingerprint density at radius 2 is 2.00 bits per heavy atom. The Hall–Kier alpha value is -1.21. The molecule has 1 aliphatic heterocycles. The Morgan fingerprint density at radius 3 is 2.48 bits per heavy atom. The van der Waals surface area contributed by atoms with Crippen LogP contribution in [0.2, 0.25) is 0 Å². The zero-order valence-electron chi connectivity index (χ0n) is 11.8. The van der Waals surface area contributed by atoms with E-state index in [2.05, 4.69) is 10.1 Å². The molecule has 0 saturated carbocycles. The molecule has 0 radical (unpaired) electrons. The molecule has 1 aliphatic rings. The summed E-state index contributed by atoms with van der Waals surface area (Å²) in [6.45, 7) is -0.193. The third-order valence-electron chi connectivity index (χ3n) is 3.63. The third-order valence-corrected chi connectivity index (χ3v) is 5.42. The summed E-state index contributed by atoms with van der Waals surface area (Å²) in [7, 11) is -2.95. The summed E-state index contributed by atoms with van der Waals surface area (Å²) in [5, 5.41) is 3.29. The number of hydrogen-bond acceptors (Lipinski definition) is 4. The van der Waals surface area contributed by atoms with Crippen molar-refractivity contribution >= 4 is 9.84 Å². The number of rotatable bonds is 6. The highest BCUT2D eigenvalue weighted by Gasteiger charge is 2.34. The average Bonchev–Trinajstić information content (AvgIpc) is 2.77. The largest absolute Gasteiger partial charge is 0.435 e. The van der Waals surface area contributed by atoms with Gasteiger partial charge in [0.25, 0.3) is 0 Å². The Labute approximate surface area is 123 Å². The van der Waals surface area contributed by atoms with Gasteiger partial charge in [-0.15, -0.1) is 0 Å². The van der Waals surface area contributed by atoms with Crippen LogP contribution in [0.25, 0.3) is 0 Å². The number of benzene rings is 1. The van der Waals surface area contributed by atoms with Gasteiger partial charge in [-0.3, -0.25) is 0 Å². The maximum Gasteiger partial charge on any atom is 0.387 e. The standard InChI is InChI=1S/C14H19F2NO3S/c1-2-17-13(11-7-8-21(18,19)9-11)10-3-5-12(6-4-10)20-14(15)16/h3-6,11,13-14,17H,2,7-9H2,1H3. The van der Waals surface area contributed by atoms with Crippen molar-refractivity contribution in [3.05, 3.63) is 29.8 Å². The summed E-state index contributed by atoms with van der Waals surface area (Å²) in [4.78, 5) is 0. The predicted octanol–water partition coefficient (Wildman–Crippen LogP) is 2.37. The fraction of sp³-hybridized carbons (Fsp3) is 0.571. The molecule has 1 N–H and O–H groups in total. The van der Waals surface area contributed by atoms with Gasteiger partial charge in [0.1, 0.15) is 5.75 Å². The lowest BCUT2D eigenvalue weighted by atomic mass is 9.92. The summed E-state index contributed by atoms with van der Waals surface area (Å²) in [5.41, 5.74) is 0.889. The minimum Gasteiger partial charge on any atom is -0.435 e. The number of alkyl halides is 2. The van der Waals surface area contributed by atoms with Gasteiger partial charge in [-0.25, -0.2) is 8.42 Å². The predicted molar refractivity (Wildman–Crippen MR) is 76.3 cm³/mol. The smallest absolute Gasteiger partial charge is 0.387 e. The molecule has 0 aliphatic carbocycles. The highest BCUT2D eigenvalue weighted by molar-refractivity contribution is 7.91. The van der Waals surface area contributed by atoms with E-state index in [1.54, 1.807) is 12.1 Å². The lowest BCUT2D eigenvalue weighted by Crippen LogP contribution is -2.29. The molecule has 1 aromatic rings. The molecule has 0 amide bonds. The first-order valence-electron chi connectivity index (χ1n) is 6.90. The summed E-state index contributed by atoms with van der Waals surface area (Å²) >= 11 is 0. The second kappa shape index (κ2) is 6.70. The van der Waals surface area contributed by atoms with Gasteiger partial charge in [0.05, 0.1) is 11.5 Å². The lowest BCUT2D eigenvalue weighted by Gasteiger charge is -2.24. The molecular weight excluding hydrogens is 300 g/mol. The van der Waals surface area contributed by atoms with Gasteiger partial charge in [0.2, 0.25) is 0 Å². The number of nitrogens with one attached hydrogen (secondary N) is 1. The van der Waals surface area contributed by atoms with Crippen LogP contribution in [-0.2, 0) is 9.84 Å². The molecule has 1 aromatic carbocycles. The molecule has 4 nitrogen and oxygen atoms in total. The monoisotopic (exact) mass is 319 g/mol. The third kappa shape index (κ3) is 4.38. The maximum absolute atomic E-state index is 12.1. The van der Waals surface area contributed by atoms with Gasteiger partial charge >= 0.3 is 6.61 Å². The molecule has 1 heterocycles. The van der Waals surface area contributed by atoms with Gasteiger partial charge < -0.3 is 10.1 Å². The van der Waals surface area contributed by atoms with Crippen LogP contribution in [0.3, 0.4) is 0 Å². The van der Waals surface area contributed by atoms with Crippen LogP contribution in [0.15, 0.2) is 24.3 Å². The van der Waals surface area contributed by atoms with E-state index in [1.807, 2.05) is 6.92 Å². The Bertz CT molecular complexity index is 560. The number of sulfone groups is 1. The normalized spacial score (nSPS) is 22.4. The zero-order valence-corrected chi connectivity index (χ0v) is 12.6. The van der Waals surface area contributed by atoms with Gasteiger partial charge in [-0.1, -0.05) is 19.1 Å². The topological polar surface area (TPSA) is 55.4 Å². The van der Waals surface area contributed by atoms with E-state index in [0.717, 1.165) is 5.56 Å². The van der Waals surface area contributed by atoms with Crippen molar-refractivity contribution in [2.75, 3.05) is 18.1 Å². The highest BCUT2D eigenvalue weighted by Crippen LogP contribution is 2.32. The molecule has 0 aromatic heterocycles. The summed E-state index contributed by atoms with van der Waals surface area (Å²) < 4.78 is 51.8. The summed E-state index contributed by atoms with van der Waals surface area (Å²) in [5.74, 6) is 0.492. The van der Waals surface area contributed by atoms with Crippen molar-refractivity contribution in [3.8, 4) is 5.75 Å². The Balaban J connectivity index is 2.14. The molecule has 0 spiro atoms. The fourth-order valence-corrected chi connectivity index (χ4v) is 4.56. The molecule has 1 fully saturated rings. The second-order valence-corrected chi connectivity index (χ2v) is 7.37. The van der Waals surface area contributed by atoms with E-state index in [-0.39, 0.29) is 29.2 Å². The number of ether oxygens (including phenoxy) is 1. The van der Waals surface area contributed by atoms with Crippen molar-refractivity contribution in [1.82, 2.24) is 5.32 Å². The van der Waals surface area contributed by atoms with Crippen LogP contribution in [0, 0.1) is 5.92 Å². The molecule has 21 heavy (non-hydrogen) atoms. The summed E-state index contributed by atoms with van der Waals surface area (Å²) in [6.07, 6.45) is 0.620. The van der Waals surface area contributed by atoms with E-state index in [1.165, 1.54) is 12.1 Å². The molecule has 118 valence electrons. The molecule has 2 atom stereocenters. The van der Waals surface area contributed by atoms with Crippen molar-refractivity contribution in [2.24, 2.45) is 5.92 Å². The first-order valence-corrected chi connectivity index (χ1v) is 8.72. The molecule has 2 rings (SSSR count). The first kappa shape index (κ1) is 16.2. The fourth-order valence-electron chi connectivity index (χ4n) is 2.72. The molecular formula is C14H19F2NO3S. The minimum absolute atomic E-state index is 0.0109. The van der Waals surface area contributed by atoms with Crippen LogP contribution >= 0.6 is 0 Å². The second-order valence-electron chi connectivity index (χ2n) is 5.15. The molecule has 0 bridgehead atoms. The van der Waals surface area contributed by atoms with Crippen LogP contribution in [-0.4, -0.2) is 33.1 Å². The maximum atomic E-state index is 12.1. The summed E-state index contributed by atoms with van der Waals surface area (Å²) in [6, 6.07) is 6.28. The van der Waals surface area contributed by atoms with Crippen LogP contribution in [0.4, 0.5) is 8.78 Å². The van der Waals surface area contributed by atoms with Crippen LogP contribution < -0.4 is 10.1 Å². The lowest BCUT2D eigenvalue weighted by molar-refractivity contribution is -0.0498. The highest BCUT2D eigenvalue weighted by atomic mass is 32.2. The van der Waals surface area contributed by atoms with E-state index in [9.17, 15) is 17.2 Å². The minimum atomic E-state index is -2.95. The van der Waals surface area contributed by atoms with Gasteiger partial charge in [0.15, 0.2) is 9.84 Å². The van der Waals surface area contributed by atoms with Gasteiger partial charge in [-0.2, -0.15) is 8.78 Å². The first-order chi connectivity index (χ1) is 9.91. The molecule has 2 unspecified atom stereocenters. The number of hydrogen-bond donors (Lipinski definition) is 1. The molecule has 7 heteroatoms. The van der Waals surface area contributed by atoms with Crippen molar-refractivity contribution < 1.29 is 21.9 Å². The van der Waals surface area contributed by atoms with E-state index in [0.29, 0.717) is 13.0 Å². The number of halogens is 2. The Kier molecular flexibility index (Phi) is 5.16. The Morgan fingerprint density at radius 1 is 1.33 bits per heavy atom. The van der Waals surface area contributed by atoms with Gasteiger partial charge in [-0.05, 0) is 36.6 Å². The van der Waals surface area contributed by atoms with Crippen molar-refractivity contribution in [2.45, 2.75) is 26.0 Å². The zero-order chi connectivity index (χ0) is 15.5. The quantitative estimate of drug-likeness (QED) is 0.874. The van der Waals surface area contributed by atoms with Gasteiger partial charge in [0, 0.05) is 6.04 Å². The average molecular weight is 319 g/mol. The van der Waals surface area contributed by atoms with Crippen LogP contribution in [0.1, 0.15) is 24.9 Å². The van der Waals surface area contributed by atoms with E-state index >= 15 is 0 Å². The van der Waals surface area contributed by atoms with E-state index in [4.69, 9.17) is 0 Å². The van der Waals surface area contributed by atoms with E-state index < -0.39 is 16.4 Å². The SMILES string of the molecule is CCNC(c1ccc(OC(F)F)cc1)C1CCS(=O)(=O)C1. The van der Waals surface area contributed by atoms with Crippen molar-refractivity contribution in [3.63, 3.8) is 0 Å².